The Morgan fingerprint density at radius 1 is 1.07 bits per heavy atom. The summed E-state index contributed by atoms with van der Waals surface area (Å²) in [7, 11) is 0. The molecule has 1 N–H and O–H groups in total. The summed E-state index contributed by atoms with van der Waals surface area (Å²) in [5.41, 5.74) is 2.66. The van der Waals surface area contributed by atoms with Crippen molar-refractivity contribution in [3.8, 4) is 0 Å². The van der Waals surface area contributed by atoms with Crippen LogP contribution in [0.15, 0.2) is 42.5 Å². The van der Waals surface area contributed by atoms with E-state index in [2.05, 4.69) is 5.32 Å². The van der Waals surface area contributed by atoms with Crippen molar-refractivity contribution >= 4 is 35.0 Å². The van der Waals surface area contributed by atoms with Crippen molar-refractivity contribution in [1.29, 1.82) is 0 Å². The summed E-state index contributed by atoms with van der Waals surface area (Å²) in [5.74, 6) is 0.00447. The number of carbonyl (C=O) groups excluding carboxylic acids is 2. The van der Waals surface area contributed by atoms with Gasteiger partial charge in [0.05, 0.1) is 6.42 Å². The van der Waals surface area contributed by atoms with Crippen LogP contribution in [0.25, 0.3) is 0 Å². The number of amides is 2. The number of aryl methyl sites for hydroxylation is 1. The summed E-state index contributed by atoms with van der Waals surface area (Å²) in [6.07, 6.45) is 0.552. The van der Waals surface area contributed by atoms with E-state index in [4.69, 9.17) is 23.2 Å². The molecule has 1 atom stereocenters. The molecule has 0 saturated carbocycles. The smallest absolute Gasteiger partial charge is 0.242 e. The fourth-order valence-corrected chi connectivity index (χ4v) is 3.83. The summed E-state index contributed by atoms with van der Waals surface area (Å²) in [4.78, 5) is 27.9. The van der Waals surface area contributed by atoms with Crippen LogP contribution in [0, 0.1) is 12.8 Å². The van der Waals surface area contributed by atoms with Gasteiger partial charge in [-0.1, -0.05) is 79.9 Å². The minimum Gasteiger partial charge on any atom is -0.354 e. The molecule has 30 heavy (non-hydrogen) atoms. The van der Waals surface area contributed by atoms with Crippen molar-refractivity contribution in [1.82, 2.24) is 10.2 Å². The number of benzene rings is 2. The zero-order chi connectivity index (χ0) is 22.3. The van der Waals surface area contributed by atoms with E-state index >= 15 is 0 Å². The summed E-state index contributed by atoms with van der Waals surface area (Å²) in [5, 5.41) is 3.86. The topological polar surface area (TPSA) is 49.4 Å². The van der Waals surface area contributed by atoms with Gasteiger partial charge in [-0.05, 0) is 42.5 Å². The van der Waals surface area contributed by atoms with Crippen molar-refractivity contribution in [2.24, 2.45) is 5.92 Å². The van der Waals surface area contributed by atoms with Crippen LogP contribution in [0.2, 0.25) is 10.0 Å². The number of carbonyl (C=O) groups is 2. The highest BCUT2D eigenvalue weighted by molar-refractivity contribution is 6.36. The summed E-state index contributed by atoms with van der Waals surface area (Å²) in [6.45, 7) is 8.91. The molecule has 0 aromatic heterocycles. The van der Waals surface area contributed by atoms with Crippen molar-refractivity contribution in [2.45, 2.75) is 53.1 Å². The first kappa shape index (κ1) is 24.2. The second kappa shape index (κ2) is 11.4. The minimum absolute atomic E-state index is 0.0400. The summed E-state index contributed by atoms with van der Waals surface area (Å²) in [6, 6.07) is 12.6. The van der Waals surface area contributed by atoms with E-state index in [0.29, 0.717) is 41.0 Å². The predicted molar refractivity (Wildman–Crippen MR) is 124 cm³/mol. The molecule has 0 heterocycles. The normalized spacial score (nSPS) is 12.0. The maximum absolute atomic E-state index is 13.4. The first-order valence-electron chi connectivity index (χ1n) is 10.3. The van der Waals surface area contributed by atoms with Gasteiger partial charge in [0.2, 0.25) is 11.8 Å². The van der Waals surface area contributed by atoms with Gasteiger partial charge in [-0.25, -0.2) is 0 Å². The maximum atomic E-state index is 13.4. The Morgan fingerprint density at radius 3 is 2.27 bits per heavy atom. The molecule has 162 valence electrons. The van der Waals surface area contributed by atoms with Gasteiger partial charge in [0.15, 0.2) is 0 Å². The molecule has 0 spiro atoms. The molecule has 4 nitrogen and oxygen atoms in total. The molecule has 0 bridgehead atoms. The third-order valence-electron chi connectivity index (χ3n) is 4.90. The molecule has 0 radical (unpaired) electrons. The van der Waals surface area contributed by atoms with E-state index in [1.54, 1.807) is 23.1 Å². The van der Waals surface area contributed by atoms with E-state index < -0.39 is 6.04 Å². The molecule has 0 unspecified atom stereocenters. The third-order valence-corrected chi connectivity index (χ3v) is 5.60. The van der Waals surface area contributed by atoms with Gasteiger partial charge in [0.1, 0.15) is 6.04 Å². The maximum Gasteiger partial charge on any atom is 0.242 e. The van der Waals surface area contributed by atoms with E-state index in [9.17, 15) is 9.59 Å². The van der Waals surface area contributed by atoms with Gasteiger partial charge < -0.3 is 10.2 Å². The van der Waals surface area contributed by atoms with Crippen molar-refractivity contribution < 1.29 is 9.59 Å². The quantitative estimate of drug-likeness (QED) is 0.556. The Balaban J connectivity index is 2.33. The third kappa shape index (κ3) is 6.75. The lowest BCUT2D eigenvalue weighted by Gasteiger charge is -2.31. The Bertz CT molecular complexity index is 863. The molecule has 0 aliphatic rings. The predicted octanol–water partition coefficient (Wildman–Crippen LogP) is 5.42. The lowest BCUT2D eigenvalue weighted by atomic mass is 10.1. The molecule has 0 fully saturated rings. The van der Waals surface area contributed by atoms with Gasteiger partial charge in [0, 0.05) is 23.1 Å². The van der Waals surface area contributed by atoms with Crippen molar-refractivity contribution in [2.75, 3.05) is 6.54 Å². The standard InChI is InChI=1S/C24H30Cl2N2O2/c1-5-22(24(30)27-14-16(2)3)28(15-18-9-6-8-17(4)12-18)23(29)13-19-20(25)10-7-11-21(19)26/h6-12,16,22H,5,13-15H2,1-4H3,(H,27,30)/t22-/m1/s1. The van der Waals surface area contributed by atoms with Crippen LogP contribution in [0.1, 0.15) is 43.9 Å². The lowest BCUT2D eigenvalue weighted by molar-refractivity contribution is -0.141. The molecular weight excluding hydrogens is 419 g/mol. The van der Waals surface area contributed by atoms with Gasteiger partial charge in [0.25, 0.3) is 0 Å². The molecule has 2 amide bonds. The molecule has 2 rings (SSSR count). The Labute approximate surface area is 189 Å². The Hall–Kier alpha value is -2.04. The van der Waals surface area contributed by atoms with E-state index in [0.717, 1.165) is 11.1 Å². The van der Waals surface area contributed by atoms with Crippen LogP contribution in [0.4, 0.5) is 0 Å². The average molecular weight is 449 g/mol. The fourth-order valence-electron chi connectivity index (χ4n) is 3.30. The van der Waals surface area contributed by atoms with Crippen LogP contribution >= 0.6 is 23.2 Å². The van der Waals surface area contributed by atoms with Crippen molar-refractivity contribution in [3.63, 3.8) is 0 Å². The van der Waals surface area contributed by atoms with Crippen LogP contribution in [-0.4, -0.2) is 29.3 Å². The molecule has 2 aromatic carbocycles. The SMILES string of the molecule is CC[C@H](C(=O)NCC(C)C)N(Cc1cccc(C)c1)C(=O)Cc1c(Cl)cccc1Cl. The lowest BCUT2D eigenvalue weighted by Crippen LogP contribution is -2.50. The van der Waals surface area contributed by atoms with Crippen LogP contribution in [0.3, 0.4) is 0 Å². The highest BCUT2D eigenvalue weighted by atomic mass is 35.5. The van der Waals surface area contributed by atoms with Gasteiger partial charge in [-0.2, -0.15) is 0 Å². The van der Waals surface area contributed by atoms with E-state index in [-0.39, 0.29) is 18.2 Å². The monoisotopic (exact) mass is 448 g/mol. The Morgan fingerprint density at radius 2 is 1.70 bits per heavy atom. The summed E-state index contributed by atoms with van der Waals surface area (Å²) < 4.78 is 0. The van der Waals surface area contributed by atoms with Gasteiger partial charge in [-0.3, -0.25) is 9.59 Å². The van der Waals surface area contributed by atoms with E-state index in [1.807, 2.05) is 52.0 Å². The second-order valence-corrected chi connectivity index (χ2v) is 8.77. The average Bonchev–Trinajstić information content (AvgIpc) is 2.69. The van der Waals surface area contributed by atoms with Crippen LogP contribution in [0.5, 0.6) is 0 Å². The zero-order valence-electron chi connectivity index (χ0n) is 18.0. The van der Waals surface area contributed by atoms with Gasteiger partial charge in [-0.15, -0.1) is 0 Å². The molecule has 6 heteroatoms. The van der Waals surface area contributed by atoms with Crippen LogP contribution in [-0.2, 0) is 22.6 Å². The van der Waals surface area contributed by atoms with E-state index in [1.165, 1.54) is 0 Å². The second-order valence-electron chi connectivity index (χ2n) is 7.95. The number of nitrogens with zero attached hydrogens (tertiary/aromatic N) is 1. The van der Waals surface area contributed by atoms with Gasteiger partial charge >= 0.3 is 0 Å². The first-order chi connectivity index (χ1) is 14.2. The Kier molecular flexibility index (Phi) is 9.19. The van der Waals surface area contributed by atoms with Crippen LogP contribution < -0.4 is 5.32 Å². The summed E-state index contributed by atoms with van der Waals surface area (Å²) >= 11 is 12.6. The first-order valence-corrected chi connectivity index (χ1v) is 11.0. The number of rotatable bonds is 9. The highest BCUT2D eigenvalue weighted by Crippen LogP contribution is 2.26. The molecule has 0 aliphatic carbocycles. The molecule has 0 saturated heterocycles. The molecule has 2 aromatic rings. The zero-order valence-corrected chi connectivity index (χ0v) is 19.6. The number of nitrogens with one attached hydrogen (secondary N) is 1. The fraction of sp³-hybridized carbons (Fsp3) is 0.417. The molecular formula is C24H30Cl2N2O2. The number of halogens is 2. The van der Waals surface area contributed by atoms with Crippen molar-refractivity contribution in [3.05, 3.63) is 69.2 Å². The highest BCUT2D eigenvalue weighted by Gasteiger charge is 2.29. The number of hydrogen-bond acceptors (Lipinski definition) is 2. The largest absolute Gasteiger partial charge is 0.354 e. The number of hydrogen-bond donors (Lipinski definition) is 1. The minimum atomic E-state index is -0.571. The molecule has 0 aliphatic heterocycles.